The van der Waals surface area contributed by atoms with E-state index in [2.05, 4.69) is 10.3 Å². The molecule has 2 aromatic heterocycles. The Hall–Kier alpha value is -2.11. The molecule has 0 atom stereocenters. The van der Waals surface area contributed by atoms with Crippen LogP contribution in [0.15, 0.2) is 36.7 Å². The molecule has 3 aromatic rings. The van der Waals surface area contributed by atoms with E-state index in [1.54, 1.807) is 31.3 Å². The van der Waals surface area contributed by atoms with Crippen molar-refractivity contribution in [2.24, 2.45) is 7.05 Å². The number of amides is 1. The summed E-state index contributed by atoms with van der Waals surface area (Å²) < 4.78 is 15.4. The zero-order chi connectivity index (χ0) is 15.9. The van der Waals surface area contributed by atoms with Crippen molar-refractivity contribution in [2.75, 3.05) is 5.32 Å². The first-order valence-corrected chi connectivity index (χ1v) is 7.09. The van der Waals surface area contributed by atoms with Crippen molar-refractivity contribution in [2.45, 2.75) is 0 Å². The van der Waals surface area contributed by atoms with Gasteiger partial charge >= 0.3 is 0 Å². The lowest BCUT2D eigenvalue weighted by atomic mass is 10.2. The molecular weight excluding hydrogens is 328 g/mol. The maximum Gasteiger partial charge on any atom is 0.258 e. The van der Waals surface area contributed by atoms with Crippen molar-refractivity contribution in [1.82, 2.24) is 9.55 Å². The molecule has 22 heavy (non-hydrogen) atoms. The van der Waals surface area contributed by atoms with Gasteiger partial charge < -0.3 is 9.88 Å². The van der Waals surface area contributed by atoms with Crippen LogP contribution >= 0.6 is 23.2 Å². The van der Waals surface area contributed by atoms with Gasteiger partial charge in [0.2, 0.25) is 0 Å². The first-order valence-electron chi connectivity index (χ1n) is 6.33. The Bertz CT molecular complexity index is 875. The summed E-state index contributed by atoms with van der Waals surface area (Å²) in [6.07, 6.45) is 2.60. The monoisotopic (exact) mass is 337 g/mol. The normalized spacial score (nSPS) is 10.9. The highest BCUT2D eigenvalue weighted by Gasteiger charge is 2.19. The minimum Gasteiger partial charge on any atom is -0.333 e. The molecule has 1 amide bonds. The predicted molar refractivity (Wildman–Crippen MR) is 85.1 cm³/mol. The van der Waals surface area contributed by atoms with E-state index < -0.39 is 11.7 Å². The van der Waals surface area contributed by atoms with Crippen molar-refractivity contribution >= 4 is 45.8 Å². The maximum absolute atomic E-state index is 13.9. The second-order valence-electron chi connectivity index (χ2n) is 4.73. The molecule has 0 fully saturated rings. The Kier molecular flexibility index (Phi) is 3.76. The molecule has 0 spiro atoms. The summed E-state index contributed by atoms with van der Waals surface area (Å²) in [6, 6.07) is 6.61. The van der Waals surface area contributed by atoms with Gasteiger partial charge in [-0.05, 0) is 24.3 Å². The number of carbonyl (C=O) groups excluding carboxylic acids is 1. The largest absolute Gasteiger partial charge is 0.333 e. The van der Waals surface area contributed by atoms with Crippen LogP contribution in [0.25, 0.3) is 11.0 Å². The maximum atomic E-state index is 13.9. The highest BCUT2D eigenvalue weighted by atomic mass is 35.5. The van der Waals surface area contributed by atoms with Crippen LogP contribution in [0.1, 0.15) is 10.4 Å². The van der Waals surface area contributed by atoms with Gasteiger partial charge in [0.15, 0.2) is 5.82 Å². The van der Waals surface area contributed by atoms with Crippen molar-refractivity contribution in [3.8, 4) is 0 Å². The predicted octanol–water partition coefficient (Wildman–Crippen LogP) is 4.27. The Morgan fingerprint density at radius 3 is 2.64 bits per heavy atom. The molecule has 1 aromatic carbocycles. The van der Waals surface area contributed by atoms with E-state index in [-0.39, 0.29) is 16.0 Å². The van der Waals surface area contributed by atoms with Crippen LogP contribution in [0.5, 0.6) is 0 Å². The molecule has 2 heterocycles. The van der Waals surface area contributed by atoms with Crippen LogP contribution in [0, 0.1) is 5.82 Å². The number of carbonyl (C=O) groups is 1. The minimum absolute atomic E-state index is 0.0366. The van der Waals surface area contributed by atoms with Crippen LogP contribution in [-0.2, 0) is 7.05 Å². The number of nitrogens with one attached hydrogen (secondary N) is 1. The van der Waals surface area contributed by atoms with Gasteiger partial charge in [-0.15, -0.1) is 0 Å². The van der Waals surface area contributed by atoms with E-state index in [9.17, 15) is 9.18 Å². The van der Waals surface area contributed by atoms with Crippen LogP contribution < -0.4 is 5.32 Å². The number of benzene rings is 1. The Balaban J connectivity index is 1.99. The number of halogens is 3. The van der Waals surface area contributed by atoms with Gasteiger partial charge in [0, 0.05) is 30.2 Å². The molecule has 7 heteroatoms. The van der Waals surface area contributed by atoms with Crippen LogP contribution in [0.3, 0.4) is 0 Å². The zero-order valence-electron chi connectivity index (χ0n) is 11.4. The van der Waals surface area contributed by atoms with E-state index >= 15 is 0 Å². The Labute approximate surface area is 135 Å². The van der Waals surface area contributed by atoms with Crippen molar-refractivity contribution in [3.63, 3.8) is 0 Å². The smallest absolute Gasteiger partial charge is 0.258 e. The molecule has 0 aliphatic heterocycles. The van der Waals surface area contributed by atoms with Crippen LogP contribution in [0.4, 0.5) is 10.1 Å². The molecule has 0 unspecified atom stereocenters. The summed E-state index contributed by atoms with van der Waals surface area (Å²) in [6.45, 7) is 0. The van der Waals surface area contributed by atoms with Crippen molar-refractivity contribution in [1.29, 1.82) is 0 Å². The average Bonchev–Trinajstić information content (AvgIpc) is 2.77. The minimum atomic E-state index is -0.517. The summed E-state index contributed by atoms with van der Waals surface area (Å²) in [5.74, 6) is -0.985. The molecule has 0 bridgehead atoms. The third-order valence-electron chi connectivity index (χ3n) is 3.22. The quantitative estimate of drug-likeness (QED) is 0.758. The molecule has 0 aliphatic rings. The lowest BCUT2D eigenvalue weighted by Crippen LogP contribution is -2.13. The number of rotatable bonds is 2. The third kappa shape index (κ3) is 2.53. The summed E-state index contributed by atoms with van der Waals surface area (Å²) in [4.78, 5) is 16.4. The fraction of sp³-hybridized carbons (Fsp3) is 0.0667. The summed E-state index contributed by atoms with van der Waals surface area (Å²) in [5, 5.41) is 3.40. The van der Waals surface area contributed by atoms with Gasteiger partial charge in [-0.1, -0.05) is 23.2 Å². The summed E-state index contributed by atoms with van der Waals surface area (Å²) in [5.41, 5.74) is 1.04. The molecule has 4 nitrogen and oxygen atoms in total. The fourth-order valence-corrected chi connectivity index (χ4v) is 2.58. The van der Waals surface area contributed by atoms with E-state index in [0.717, 1.165) is 0 Å². The second-order valence-corrected chi connectivity index (χ2v) is 5.55. The van der Waals surface area contributed by atoms with E-state index in [4.69, 9.17) is 23.2 Å². The van der Waals surface area contributed by atoms with Crippen molar-refractivity contribution in [3.05, 3.63) is 58.1 Å². The molecule has 112 valence electrons. The highest BCUT2D eigenvalue weighted by molar-refractivity contribution is 6.39. The molecule has 0 aliphatic carbocycles. The first-order chi connectivity index (χ1) is 10.5. The number of fused-ring (bicyclic) bond motifs is 1. The molecule has 1 N–H and O–H groups in total. The number of aryl methyl sites for hydroxylation is 1. The second kappa shape index (κ2) is 5.59. The van der Waals surface area contributed by atoms with E-state index in [1.807, 2.05) is 0 Å². The summed E-state index contributed by atoms with van der Waals surface area (Å²) >= 11 is 12.0. The van der Waals surface area contributed by atoms with Crippen LogP contribution in [-0.4, -0.2) is 15.5 Å². The molecular formula is C15H10Cl2FN3O. The molecule has 0 saturated carbocycles. The average molecular weight is 338 g/mol. The number of hydrogen-bond donors (Lipinski definition) is 1. The van der Waals surface area contributed by atoms with Crippen LogP contribution in [0.2, 0.25) is 10.0 Å². The summed E-state index contributed by atoms with van der Waals surface area (Å²) in [7, 11) is 1.65. The lowest BCUT2D eigenvalue weighted by molar-refractivity contribution is 0.102. The number of anilines is 1. The highest BCUT2D eigenvalue weighted by Crippen LogP contribution is 2.29. The van der Waals surface area contributed by atoms with Gasteiger partial charge in [0.1, 0.15) is 5.65 Å². The Morgan fingerprint density at radius 2 is 1.95 bits per heavy atom. The standard InChI is InChI=1S/C15H10Cl2FN3O/c1-21-7-11(18)12-13(17)10(6-19-14(12)21)15(22)20-9-4-2-8(16)3-5-9/h2-7H,1H3,(H,20,22). The van der Waals surface area contributed by atoms with Gasteiger partial charge in [-0.2, -0.15) is 0 Å². The lowest BCUT2D eigenvalue weighted by Gasteiger charge is -2.07. The third-order valence-corrected chi connectivity index (χ3v) is 3.87. The molecule has 0 radical (unpaired) electrons. The number of nitrogens with zero attached hydrogens (tertiary/aromatic N) is 2. The van der Waals surface area contributed by atoms with Gasteiger partial charge in [0.25, 0.3) is 5.91 Å². The van der Waals surface area contributed by atoms with Gasteiger partial charge in [-0.25, -0.2) is 9.37 Å². The number of aromatic nitrogens is 2. The van der Waals surface area contributed by atoms with Crippen molar-refractivity contribution < 1.29 is 9.18 Å². The van der Waals surface area contributed by atoms with Gasteiger partial charge in [0.05, 0.1) is 16.0 Å². The van der Waals surface area contributed by atoms with E-state index in [0.29, 0.717) is 16.4 Å². The zero-order valence-corrected chi connectivity index (χ0v) is 12.9. The first kappa shape index (κ1) is 14.8. The Morgan fingerprint density at radius 1 is 1.27 bits per heavy atom. The number of hydrogen-bond acceptors (Lipinski definition) is 2. The number of pyridine rings is 1. The van der Waals surface area contributed by atoms with Gasteiger partial charge in [-0.3, -0.25) is 4.79 Å². The fourth-order valence-electron chi connectivity index (χ4n) is 2.14. The molecule has 3 rings (SSSR count). The SMILES string of the molecule is Cn1cc(F)c2c(Cl)c(C(=O)Nc3ccc(Cl)cc3)cnc21. The topological polar surface area (TPSA) is 46.9 Å². The molecule has 0 saturated heterocycles. The van der Waals surface area contributed by atoms with E-state index in [1.165, 1.54) is 17.0 Å².